The SMILES string of the molecule is C[C@@H]1Oc2ccc(Cl)cc2N(CC(=O)NN)C1=O. The van der Waals surface area contributed by atoms with Gasteiger partial charge in [-0.05, 0) is 25.1 Å². The molecule has 0 aliphatic carbocycles. The first-order valence-electron chi connectivity index (χ1n) is 5.30. The van der Waals surface area contributed by atoms with Crippen molar-refractivity contribution in [3.63, 3.8) is 0 Å². The van der Waals surface area contributed by atoms with Crippen LogP contribution in [-0.4, -0.2) is 24.5 Å². The topological polar surface area (TPSA) is 84.7 Å². The van der Waals surface area contributed by atoms with Gasteiger partial charge in [0.05, 0.1) is 5.69 Å². The number of halogens is 1. The van der Waals surface area contributed by atoms with E-state index in [1.807, 2.05) is 5.43 Å². The van der Waals surface area contributed by atoms with Gasteiger partial charge in [0, 0.05) is 5.02 Å². The highest BCUT2D eigenvalue weighted by Crippen LogP contribution is 2.35. The molecule has 0 bridgehead atoms. The van der Waals surface area contributed by atoms with Gasteiger partial charge in [-0.1, -0.05) is 11.6 Å². The van der Waals surface area contributed by atoms with E-state index < -0.39 is 12.0 Å². The van der Waals surface area contributed by atoms with E-state index in [9.17, 15) is 9.59 Å². The Morgan fingerprint density at radius 3 is 3.00 bits per heavy atom. The van der Waals surface area contributed by atoms with Crippen molar-refractivity contribution >= 4 is 29.1 Å². The number of ether oxygens (including phenoxy) is 1. The van der Waals surface area contributed by atoms with E-state index >= 15 is 0 Å². The van der Waals surface area contributed by atoms with Crippen LogP contribution >= 0.6 is 11.6 Å². The van der Waals surface area contributed by atoms with Gasteiger partial charge in [0.15, 0.2) is 6.10 Å². The summed E-state index contributed by atoms with van der Waals surface area (Å²) in [6.07, 6.45) is -0.649. The molecule has 0 saturated carbocycles. The molecule has 3 N–H and O–H groups in total. The summed E-state index contributed by atoms with van der Waals surface area (Å²) in [6, 6.07) is 4.89. The van der Waals surface area contributed by atoms with Crippen molar-refractivity contribution in [1.29, 1.82) is 0 Å². The fourth-order valence-electron chi connectivity index (χ4n) is 1.73. The summed E-state index contributed by atoms with van der Waals surface area (Å²) >= 11 is 5.88. The van der Waals surface area contributed by atoms with Crippen LogP contribution in [0.25, 0.3) is 0 Å². The lowest BCUT2D eigenvalue weighted by molar-refractivity contribution is -0.128. The van der Waals surface area contributed by atoms with Gasteiger partial charge >= 0.3 is 0 Å². The molecule has 0 spiro atoms. The molecule has 96 valence electrons. The molecule has 1 aliphatic rings. The molecule has 1 aromatic carbocycles. The molecule has 2 amide bonds. The number of carbonyl (C=O) groups excluding carboxylic acids is 2. The lowest BCUT2D eigenvalue weighted by Gasteiger charge is -2.32. The van der Waals surface area contributed by atoms with Crippen LogP contribution in [0.5, 0.6) is 5.75 Å². The maximum atomic E-state index is 12.0. The molecular formula is C11H12ClN3O3. The smallest absolute Gasteiger partial charge is 0.268 e. The molecule has 0 radical (unpaired) electrons. The molecule has 1 aromatic rings. The van der Waals surface area contributed by atoms with Crippen LogP contribution in [0.15, 0.2) is 18.2 Å². The zero-order chi connectivity index (χ0) is 13.3. The predicted octanol–water partition coefficient (Wildman–Crippen LogP) is 0.444. The summed E-state index contributed by atoms with van der Waals surface area (Å²) in [7, 11) is 0. The fraction of sp³-hybridized carbons (Fsp3) is 0.273. The Balaban J connectivity index is 2.40. The van der Waals surface area contributed by atoms with Gasteiger partial charge in [0.2, 0.25) is 0 Å². The van der Waals surface area contributed by atoms with Crippen molar-refractivity contribution in [3.05, 3.63) is 23.2 Å². The van der Waals surface area contributed by atoms with Gasteiger partial charge in [-0.3, -0.25) is 19.9 Å². The second-order valence-electron chi connectivity index (χ2n) is 3.86. The van der Waals surface area contributed by atoms with Crippen molar-refractivity contribution in [1.82, 2.24) is 5.43 Å². The molecular weight excluding hydrogens is 258 g/mol. The van der Waals surface area contributed by atoms with Crippen LogP contribution in [-0.2, 0) is 9.59 Å². The van der Waals surface area contributed by atoms with E-state index in [1.165, 1.54) is 4.90 Å². The summed E-state index contributed by atoms with van der Waals surface area (Å²) in [6.45, 7) is 1.45. The normalized spacial score (nSPS) is 18.1. The molecule has 2 rings (SSSR count). The molecule has 6 nitrogen and oxygen atoms in total. The van der Waals surface area contributed by atoms with Crippen LogP contribution in [0, 0.1) is 0 Å². The Labute approximate surface area is 109 Å². The van der Waals surface area contributed by atoms with Crippen LogP contribution in [0.4, 0.5) is 5.69 Å². The number of amides is 2. The van der Waals surface area contributed by atoms with E-state index in [-0.39, 0.29) is 12.5 Å². The van der Waals surface area contributed by atoms with Crippen LogP contribution < -0.4 is 20.9 Å². The quantitative estimate of drug-likeness (QED) is 0.464. The van der Waals surface area contributed by atoms with Crippen molar-refractivity contribution in [3.8, 4) is 5.75 Å². The zero-order valence-electron chi connectivity index (χ0n) is 9.64. The van der Waals surface area contributed by atoms with E-state index in [4.69, 9.17) is 22.2 Å². The predicted molar refractivity (Wildman–Crippen MR) is 66.2 cm³/mol. The van der Waals surface area contributed by atoms with E-state index in [0.717, 1.165) is 0 Å². The molecule has 1 atom stereocenters. The van der Waals surface area contributed by atoms with Gasteiger partial charge in [0.1, 0.15) is 12.3 Å². The lowest BCUT2D eigenvalue weighted by Crippen LogP contribution is -2.49. The van der Waals surface area contributed by atoms with E-state index in [1.54, 1.807) is 25.1 Å². The highest BCUT2D eigenvalue weighted by molar-refractivity contribution is 6.31. The third-order valence-corrected chi connectivity index (χ3v) is 2.83. The van der Waals surface area contributed by atoms with Crippen molar-refractivity contribution in [2.45, 2.75) is 13.0 Å². The number of benzene rings is 1. The van der Waals surface area contributed by atoms with Gasteiger partial charge in [0.25, 0.3) is 11.8 Å². The highest BCUT2D eigenvalue weighted by Gasteiger charge is 2.32. The van der Waals surface area contributed by atoms with Gasteiger partial charge < -0.3 is 4.74 Å². The number of hydrazine groups is 1. The summed E-state index contributed by atoms with van der Waals surface area (Å²) in [5, 5.41) is 0.456. The summed E-state index contributed by atoms with van der Waals surface area (Å²) in [5.74, 6) is 4.75. The maximum absolute atomic E-state index is 12.0. The molecule has 0 aromatic heterocycles. The fourth-order valence-corrected chi connectivity index (χ4v) is 1.90. The van der Waals surface area contributed by atoms with Gasteiger partial charge in [-0.25, -0.2) is 5.84 Å². The minimum atomic E-state index is -0.649. The van der Waals surface area contributed by atoms with Gasteiger partial charge in [-0.15, -0.1) is 0 Å². The number of nitrogens with one attached hydrogen (secondary N) is 1. The largest absolute Gasteiger partial charge is 0.479 e. The number of nitrogens with two attached hydrogens (primary N) is 1. The Morgan fingerprint density at radius 1 is 1.61 bits per heavy atom. The van der Waals surface area contributed by atoms with Crippen LogP contribution in [0.3, 0.4) is 0 Å². The molecule has 18 heavy (non-hydrogen) atoms. The second kappa shape index (κ2) is 4.83. The lowest BCUT2D eigenvalue weighted by atomic mass is 10.2. The molecule has 1 heterocycles. The van der Waals surface area contributed by atoms with Crippen molar-refractivity contribution in [2.75, 3.05) is 11.4 Å². The molecule has 0 unspecified atom stereocenters. The van der Waals surface area contributed by atoms with Crippen molar-refractivity contribution < 1.29 is 14.3 Å². The number of carbonyl (C=O) groups is 2. The molecule has 1 aliphatic heterocycles. The maximum Gasteiger partial charge on any atom is 0.268 e. The summed E-state index contributed by atoms with van der Waals surface area (Å²) in [5.41, 5.74) is 2.45. The van der Waals surface area contributed by atoms with E-state index in [0.29, 0.717) is 16.5 Å². The second-order valence-corrected chi connectivity index (χ2v) is 4.30. The number of anilines is 1. The number of fused-ring (bicyclic) bond motifs is 1. The number of hydrogen-bond acceptors (Lipinski definition) is 4. The third-order valence-electron chi connectivity index (χ3n) is 2.59. The summed E-state index contributed by atoms with van der Waals surface area (Å²) < 4.78 is 5.43. The Hall–Kier alpha value is -1.79. The highest BCUT2D eigenvalue weighted by atomic mass is 35.5. The first-order valence-corrected chi connectivity index (χ1v) is 5.67. The monoisotopic (exact) mass is 269 g/mol. The van der Waals surface area contributed by atoms with Crippen molar-refractivity contribution in [2.24, 2.45) is 5.84 Å². The first-order chi connectivity index (χ1) is 8.52. The Kier molecular flexibility index (Phi) is 3.40. The van der Waals surface area contributed by atoms with Crippen LogP contribution in [0.2, 0.25) is 5.02 Å². The molecule has 7 heteroatoms. The molecule has 0 fully saturated rings. The minimum Gasteiger partial charge on any atom is -0.479 e. The van der Waals surface area contributed by atoms with Gasteiger partial charge in [-0.2, -0.15) is 0 Å². The number of nitrogens with zero attached hydrogens (tertiary/aromatic N) is 1. The standard InChI is InChI=1S/C11H12ClN3O3/c1-6-11(17)15(5-10(16)14-13)8-4-7(12)2-3-9(8)18-6/h2-4,6H,5,13H2,1H3,(H,14,16)/t6-/m0/s1. The Morgan fingerprint density at radius 2 is 2.33 bits per heavy atom. The van der Waals surface area contributed by atoms with Crippen LogP contribution in [0.1, 0.15) is 6.92 Å². The third kappa shape index (κ3) is 2.25. The number of hydrogen-bond donors (Lipinski definition) is 2. The van der Waals surface area contributed by atoms with E-state index in [2.05, 4.69) is 0 Å². The summed E-state index contributed by atoms with van der Waals surface area (Å²) in [4.78, 5) is 24.6. The average Bonchev–Trinajstić information content (AvgIpc) is 2.35. The minimum absolute atomic E-state index is 0.170. The Bertz CT molecular complexity index is 506. The molecule has 0 saturated heterocycles. The zero-order valence-corrected chi connectivity index (χ0v) is 10.4. The first kappa shape index (κ1) is 12.7. The number of rotatable bonds is 2. The average molecular weight is 270 g/mol.